The summed E-state index contributed by atoms with van der Waals surface area (Å²) in [4.78, 5) is 3.00. The Bertz CT molecular complexity index is 62.5. The molecule has 0 aromatic heterocycles. The van der Waals surface area contributed by atoms with Crippen LogP contribution >= 0.6 is 0 Å². The van der Waals surface area contributed by atoms with Gasteiger partial charge in [0.2, 0.25) is 24.0 Å². The summed E-state index contributed by atoms with van der Waals surface area (Å²) in [6.45, 7) is 0. The van der Waals surface area contributed by atoms with Crippen LogP contribution in [0.4, 0.5) is 0 Å². The quantitative estimate of drug-likeness (QED) is 0.132. The van der Waals surface area contributed by atoms with Gasteiger partial charge in [-0.15, -0.1) is 0 Å². The van der Waals surface area contributed by atoms with E-state index in [2.05, 4.69) is 0 Å². The molecule has 0 aliphatic heterocycles. The van der Waals surface area contributed by atoms with Gasteiger partial charge in [0.15, 0.2) is 0 Å². The molecular weight excluding hydrogens is 234 g/mol. The molecule has 0 aromatic carbocycles. The van der Waals surface area contributed by atoms with Crippen LogP contribution in [0.1, 0.15) is 0 Å². The van der Waals surface area contributed by atoms with Gasteiger partial charge in [-0.05, 0) is 0 Å². The van der Waals surface area contributed by atoms with Gasteiger partial charge in [-0.2, -0.15) is 0 Å². The fourth-order valence-electron chi connectivity index (χ4n) is 0. The fraction of sp³-hybridized carbons (Fsp3) is 0. The van der Waals surface area contributed by atoms with Crippen LogP contribution in [0.15, 0.2) is 0 Å². The van der Waals surface area contributed by atoms with Crippen molar-refractivity contribution in [1.29, 1.82) is 0 Å². The second-order valence-electron chi connectivity index (χ2n) is 0.179. The van der Waals surface area contributed by atoms with E-state index in [1.807, 2.05) is 0 Å². The van der Waals surface area contributed by atoms with Crippen molar-refractivity contribution in [3.8, 4) is 0 Å². The first-order chi connectivity index (χ1) is 2.83. The molecule has 6 nitrogen and oxygen atoms in total. The van der Waals surface area contributed by atoms with Crippen molar-refractivity contribution in [1.82, 2.24) is 0 Å². The van der Waals surface area contributed by atoms with Crippen LogP contribution in [-0.4, -0.2) is 0 Å². The van der Waals surface area contributed by atoms with Crippen molar-refractivity contribution in [2.45, 2.75) is 0 Å². The van der Waals surface area contributed by atoms with E-state index in [1.165, 1.54) is 9.82 Å². The van der Waals surface area contributed by atoms with Gasteiger partial charge in [-0.25, -0.2) is 0 Å². The summed E-state index contributed by atoms with van der Waals surface area (Å²) in [5.74, 6) is 0. The van der Waals surface area contributed by atoms with Crippen LogP contribution < -0.4 is 53.5 Å². The predicted octanol–water partition coefficient (Wildman–Crippen LogP) is -4.80. The van der Waals surface area contributed by atoms with E-state index in [9.17, 15) is 0 Å². The Labute approximate surface area is 84.8 Å². The largest absolute Gasteiger partial charge is 1.00 e. The number of nitrogens with zero attached hydrogens (tertiary/aromatic N) is 6. The van der Waals surface area contributed by atoms with Gasteiger partial charge in [0.1, 0.15) is 0 Å². The zero-order chi connectivity index (χ0) is 5.41. The summed E-state index contributed by atoms with van der Waals surface area (Å²) >= 11 is 0. The van der Waals surface area contributed by atoms with Crippen LogP contribution in [0.5, 0.6) is 0 Å². The van der Waals surface area contributed by atoms with Crippen LogP contribution in [0, 0.1) is 0 Å². The van der Waals surface area contributed by atoms with E-state index < -0.39 is 0 Å². The molecule has 0 saturated carbocycles. The number of rotatable bonds is 0. The topological polar surface area (TPSA) is 117 Å². The van der Waals surface area contributed by atoms with E-state index in [0.717, 1.165) is 0 Å². The van der Waals surface area contributed by atoms with Crippen molar-refractivity contribution >= 4 is 0 Å². The van der Waals surface area contributed by atoms with E-state index in [1.54, 1.807) is 0 Å². The third-order valence-electron chi connectivity index (χ3n) is 0. The normalized spacial score (nSPS) is 2.00. The van der Waals surface area contributed by atoms with E-state index in [0.29, 0.717) is 0 Å². The predicted molar refractivity (Wildman–Crippen MR) is 22.9 cm³/mol. The maximum Gasteiger partial charge on any atom is 1.00 e. The SMILES string of the molecule is [IH2+].[N-]=[N+]=[N-].[N-]=[N+]=[N-].[Na+]. The summed E-state index contributed by atoms with van der Waals surface area (Å²) in [5, 5.41) is 0. The van der Waals surface area contributed by atoms with Gasteiger partial charge in [0.05, 0.1) is 0 Å². The minimum Gasteiger partial charge on any atom is -0.373 e. The molecule has 0 spiro atoms. The summed E-state index contributed by atoms with van der Waals surface area (Å²) < 4.78 is 0. The Kier molecular flexibility index (Phi) is 160. The maximum atomic E-state index is 6.75. The smallest absolute Gasteiger partial charge is 0.373 e. The third-order valence-corrected chi connectivity index (χ3v) is 0. The summed E-state index contributed by atoms with van der Waals surface area (Å²) in [5.41, 5.74) is 27.0. The molecule has 0 heterocycles. The molecule has 0 aliphatic rings. The Morgan fingerprint density at radius 2 is 0.750 bits per heavy atom. The van der Waals surface area contributed by atoms with E-state index >= 15 is 0 Å². The van der Waals surface area contributed by atoms with Gasteiger partial charge in [0.25, 0.3) is 0 Å². The molecule has 0 saturated heterocycles. The van der Waals surface area contributed by atoms with Gasteiger partial charge in [-0.1, -0.05) is 0 Å². The third kappa shape index (κ3) is 1480. The molecule has 8 heavy (non-hydrogen) atoms. The van der Waals surface area contributed by atoms with Crippen molar-refractivity contribution in [3.63, 3.8) is 0 Å². The van der Waals surface area contributed by atoms with Crippen molar-refractivity contribution in [2.24, 2.45) is 0 Å². The molecule has 0 atom stereocenters. The van der Waals surface area contributed by atoms with Gasteiger partial charge < -0.3 is 22.1 Å². The molecule has 0 fully saturated rings. The first kappa shape index (κ1) is 23.8. The molecule has 0 bridgehead atoms. The van der Waals surface area contributed by atoms with Crippen LogP contribution in [0.3, 0.4) is 0 Å². The first-order valence-corrected chi connectivity index (χ1v) is 0.800. The molecule has 0 radical (unpaired) electrons. The monoisotopic (exact) mass is 236 g/mol. The Morgan fingerprint density at radius 3 is 0.750 bits per heavy atom. The van der Waals surface area contributed by atoms with Crippen LogP contribution in [-0.2, 0) is 0 Å². The molecule has 0 aliphatic carbocycles. The van der Waals surface area contributed by atoms with Crippen molar-refractivity contribution in [2.75, 3.05) is 0 Å². The van der Waals surface area contributed by atoms with E-state index in [-0.39, 0.29) is 53.5 Å². The average Bonchev–Trinajstić information content (AvgIpc) is 1.39. The number of halogens is 1. The fourth-order valence-corrected chi connectivity index (χ4v) is 0. The summed E-state index contributed by atoms with van der Waals surface area (Å²) in [6.07, 6.45) is 0. The molecule has 0 amide bonds. The second kappa shape index (κ2) is 53.7. The Hall–Kier alpha value is 0.350. The van der Waals surface area contributed by atoms with E-state index in [4.69, 9.17) is 22.1 Å². The maximum absolute atomic E-state index is 6.75. The molecule has 8 heteroatoms. The molecular formula is H2IN6Na. The van der Waals surface area contributed by atoms with Gasteiger partial charge in [-0.3, -0.25) is 9.82 Å². The summed E-state index contributed by atoms with van der Waals surface area (Å²) in [7, 11) is 0. The molecule has 0 aromatic rings. The molecule has 40 valence electrons. The summed E-state index contributed by atoms with van der Waals surface area (Å²) in [6, 6.07) is 0. The minimum absolute atomic E-state index is 0. The number of hydrogen-bond acceptors (Lipinski definition) is 0. The van der Waals surface area contributed by atoms with Gasteiger partial charge >= 0.3 is 29.6 Å². The van der Waals surface area contributed by atoms with Crippen molar-refractivity contribution < 1.29 is 53.5 Å². The average molecular weight is 236 g/mol. The zero-order valence-electron chi connectivity index (χ0n) is 4.13. The molecule has 0 rings (SSSR count). The number of hydrogen-bond donors (Lipinski definition) is 0. The van der Waals surface area contributed by atoms with Gasteiger partial charge in [0, 0.05) is 0 Å². The van der Waals surface area contributed by atoms with Crippen LogP contribution in [0.25, 0.3) is 31.9 Å². The minimum atomic E-state index is 0. The molecule has 0 N–H and O–H groups in total. The second-order valence-corrected chi connectivity index (χ2v) is 0.179. The standard InChI is InChI=1S/H2I.2N3.Na/c;2*1-3-2;/h1H2;;;/q+1;2*-1;+1. The first-order valence-electron chi connectivity index (χ1n) is 0.800. The Morgan fingerprint density at radius 1 is 0.750 bits per heavy atom. The van der Waals surface area contributed by atoms with Crippen LogP contribution in [0.2, 0.25) is 0 Å². The Balaban J connectivity index is -0.0000000160. The zero-order valence-corrected chi connectivity index (χ0v) is 8.68. The van der Waals surface area contributed by atoms with Crippen molar-refractivity contribution in [3.05, 3.63) is 31.9 Å². The molecule has 0 unspecified atom stereocenters.